The van der Waals surface area contributed by atoms with Gasteiger partial charge >= 0.3 is 0 Å². The van der Waals surface area contributed by atoms with Gasteiger partial charge in [0.25, 0.3) is 0 Å². The number of hydroxylamine groups is 1. The van der Waals surface area contributed by atoms with Crippen molar-refractivity contribution < 1.29 is 14.4 Å². The van der Waals surface area contributed by atoms with E-state index in [1.54, 1.807) is 0 Å². The second kappa shape index (κ2) is 15.2. The summed E-state index contributed by atoms with van der Waals surface area (Å²) in [4.78, 5) is 32.8. The lowest BCUT2D eigenvalue weighted by atomic mass is 9.63. The molecule has 0 aliphatic carbocycles. The zero-order chi connectivity index (χ0) is 26.4. The minimum atomic E-state index is -0.971. The first-order valence-corrected chi connectivity index (χ1v) is 13.0. The van der Waals surface area contributed by atoms with E-state index in [4.69, 9.17) is 10.7 Å². The third kappa shape index (κ3) is 8.61. The van der Waals surface area contributed by atoms with Gasteiger partial charge in [0.05, 0.1) is 17.9 Å². The topological polar surface area (TPSA) is 93.5 Å². The lowest BCUT2D eigenvalue weighted by molar-refractivity contribution is -0.153. The maximum absolute atomic E-state index is 13.7. The van der Waals surface area contributed by atoms with Gasteiger partial charge < -0.3 is 0 Å². The summed E-state index contributed by atoms with van der Waals surface area (Å²) in [5.74, 6) is 4.98. The number of hydrogen-bond acceptors (Lipinski definition) is 4. The van der Waals surface area contributed by atoms with Crippen molar-refractivity contribution in [3.8, 4) is 0 Å². The Morgan fingerprint density at radius 3 is 2.14 bits per heavy atom. The maximum atomic E-state index is 13.7. The molecule has 196 valence electrons. The molecular formula is C30H43N3O3. The molecule has 36 heavy (non-hydrogen) atoms. The first kappa shape index (κ1) is 29.3. The number of nitrogens with two attached hydrogens (primary N) is 1. The minimum absolute atomic E-state index is 0.190. The highest BCUT2D eigenvalue weighted by Gasteiger charge is 2.49. The van der Waals surface area contributed by atoms with Crippen molar-refractivity contribution in [1.82, 2.24) is 10.9 Å². The molecule has 0 spiro atoms. The van der Waals surface area contributed by atoms with Gasteiger partial charge in [-0.05, 0) is 42.2 Å². The molecular weight excluding hydrogens is 450 g/mol. The first-order valence-electron chi connectivity index (χ1n) is 13.0. The van der Waals surface area contributed by atoms with Crippen molar-refractivity contribution in [1.29, 1.82) is 0 Å². The fourth-order valence-corrected chi connectivity index (χ4v) is 5.00. The van der Waals surface area contributed by atoms with Crippen molar-refractivity contribution >= 4 is 17.9 Å². The SMILES string of the molecule is CCC(CC)C[C@@](CC(C)C)(C(=O)NN)[C@H](C/C=C/c1ccccc1)C(=O)NOCc1ccccc1. The van der Waals surface area contributed by atoms with Gasteiger partial charge in [0.2, 0.25) is 11.8 Å². The lowest BCUT2D eigenvalue weighted by Crippen LogP contribution is -2.54. The average Bonchev–Trinajstić information content (AvgIpc) is 2.89. The molecule has 2 aromatic carbocycles. The van der Waals surface area contributed by atoms with Crippen LogP contribution < -0.4 is 16.7 Å². The lowest BCUT2D eigenvalue weighted by Gasteiger charge is -2.41. The number of allylic oxidation sites excluding steroid dienone is 1. The van der Waals surface area contributed by atoms with Crippen LogP contribution in [0.1, 0.15) is 70.9 Å². The van der Waals surface area contributed by atoms with Gasteiger partial charge in [-0.25, -0.2) is 11.3 Å². The van der Waals surface area contributed by atoms with Gasteiger partial charge in [-0.15, -0.1) is 0 Å². The van der Waals surface area contributed by atoms with E-state index in [0.29, 0.717) is 25.2 Å². The highest BCUT2D eigenvalue weighted by molar-refractivity contribution is 5.90. The van der Waals surface area contributed by atoms with E-state index in [-0.39, 0.29) is 24.3 Å². The molecule has 0 fully saturated rings. The highest BCUT2D eigenvalue weighted by Crippen LogP contribution is 2.44. The van der Waals surface area contributed by atoms with Crippen LogP contribution >= 0.6 is 0 Å². The van der Waals surface area contributed by atoms with Crippen LogP contribution in [0.3, 0.4) is 0 Å². The molecule has 4 N–H and O–H groups in total. The van der Waals surface area contributed by atoms with Crippen molar-refractivity contribution in [3.63, 3.8) is 0 Å². The molecule has 0 aromatic heterocycles. The molecule has 0 bridgehead atoms. The van der Waals surface area contributed by atoms with Crippen LogP contribution in [0, 0.1) is 23.2 Å². The molecule has 6 heteroatoms. The largest absolute Gasteiger partial charge is 0.294 e. The predicted octanol–water partition coefficient (Wildman–Crippen LogP) is 5.80. The van der Waals surface area contributed by atoms with Gasteiger partial charge in [-0.3, -0.25) is 19.9 Å². The summed E-state index contributed by atoms with van der Waals surface area (Å²) in [7, 11) is 0. The van der Waals surface area contributed by atoms with E-state index in [1.165, 1.54) is 0 Å². The molecule has 0 radical (unpaired) electrons. The second-order valence-corrected chi connectivity index (χ2v) is 9.96. The van der Waals surface area contributed by atoms with Crippen LogP contribution in [-0.4, -0.2) is 11.8 Å². The van der Waals surface area contributed by atoms with E-state index in [2.05, 4.69) is 38.6 Å². The summed E-state index contributed by atoms with van der Waals surface area (Å²) < 4.78 is 0. The Morgan fingerprint density at radius 1 is 0.972 bits per heavy atom. The Bertz CT molecular complexity index is 942. The second-order valence-electron chi connectivity index (χ2n) is 9.96. The van der Waals surface area contributed by atoms with Crippen molar-refractivity contribution in [2.45, 2.75) is 66.4 Å². The van der Waals surface area contributed by atoms with Crippen LogP contribution in [0.25, 0.3) is 6.08 Å². The third-order valence-corrected chi connectivity index (χ3v) is 6.88. The quantitative estimate of drug-likeness (QED) is 0.166. The van der Waals surface area contributed by atoms with Crippen LogP contribution in [0.15, 0.2) is 66.7 Å². The van der Waals surface area contributed by atoms with Crippen molar-refractivity contribution in [2.75, 3.05) is 0 Å². The number of amides is 2. The third-order valence-electron chi connectivity index (χ3n) is 6.88. The fourth-order valence-electron chi connectivity index (χ4n) is 5.00. The summed E-state index contributed by atoms with van der Waals surface area (Å²) in [6.45, 7) is 8.65. The highest BCUT2D eigenvalue weighted by atomic mass is 16.6. The monoisotopic (exact) mass is 493 g/mol. The molecule has 2 rings (SSSR count). The Kier molecular flexibility index (Phi) is 12.4. The minimum Gasteiger partial charge on any atom is -0.294 e. The van der Waals surface area contributed by atoms with Crippen molar-refractivity contribution in [2.24, 2.45) is 29.0 Å². The fraction of sp³-hybridized carbons (Fsp3) is 0.467. The Labute approximate surface area is 216 Å². The van der Waals surface area contributed by atoms with Crippen LogP contribution in [0.5, 0.6) is 0 Å². The van der Waals surface area contributed by atoms with E-state index in [9.17, 15) is 9.59 Å². The van der Waals surface area contributed by atoms with Gasteiger partial charge in [0.15, 0.2) is 0 Å². The Balaban J connectivity index is 2.40. The molecule has 2 atom stereocenters. The molecule has 0 aliphatic heterocycles. The molecule has 2 aromatic rings. The summed E-state index contributed by atoms with van der Waals surface area (Å²) in [6.07, 6.45) is 7.32. The van der Waals surface area contributed by atoms with E-state index in [0.717, 1.165) is 24.0 Å². The molecule has 0 saturated carbocycles. The smallest absolute Gasteiger partial charge is 0.248 e. The standard InChI is InChI=1S/C30H43N3O3/c1-5-24(6-2)21-30(20-23(3)4,29(35)32-31)27(19-13-18-25-14-9-7-10-15-25)28(34)33-36-22-26-16-11-8-12-17-26/h7-18,23-24,27H,5-6,19-22,31H2,1-4H3,(H,32,35)(H,33,34)/b18-13+/t27-,30-/m1/s1. The zero-order valence-corrected chi connectivity index (χ0v) is 22.2. The van der Waals surface area contributed by atoms with E-state index < -0.39 is 11.3 Å². The maximum Gasteiger partial charge on any atom is 0.248 e. The normalized spacial score (nSPS) is 14.1. The number of carbonyl (C=O) groups is 2. The van der Waals surface area contributed by atoms with Gasteiger partial charge in [-0.2, -0.15) is 0 Å². The number of benzene rings is 2. The summed E-state index contributed by atoms with van der Waals surface area (Å²) in [5.41, 5.74) is 6.07. The van der Waals surface area contributed by atoms with Crippen LogP contribution in [0.2, 0.25) is 0 Å². The van der Waals surface area contributed by atoms with E-state index in [1.807, 2.05) is 72.8 Å². The van der Waals surface area contributed by atoms with Crippen molar-refractivity contribution in [3.05, 3.63) is 77.9 Å². The number of nitrogens with one attached hydrogen (secondary N) is 2. The zero-order valence-electron chi connectivity index (χ0n) is 22.2. The molecule has 0 aliphatic rings. The number of carbonyl (C=O) groups excluding carboxylic acids is 2. The summed E-state index contributed by atoms with van der Waals surface area (Å²) in [6, 6.07) is 19.6. The first-order chi connectivity index (χ1) is 17.4. The Morgan fingerprint density at radius 2 is 1.58 bits per heavy atom. The number of rotatable bonds is 15. The van der Waals surface area contributed by atoms with Gasteiger partial charge in [0.1, 0.15) is 0 Å². The molecule has 0 unspecified atom stereocenters. The number of hydrazine groups is 1. The summed E-state index contributed by atoms with van der Waals surface area (Å²) >= 11 is 0. The average molecular weight is 494 g/mol. The summed E-state index contributed by atoms with van der Waals surface area (Å²) in [5, 5.41) is 0. The van der Waals surface area contributed by atoms with Gasteiger partial charge in [0, 0.05) is 0 Å². The van der Waals surface area contributed by atoms with Crippen LogP contribution in [0.4, 0.5) is 0 Å². The predicted molar refractivity (Wildman–Crippen MR) is 146 cm³/mol. The van der Waals surface area contributed by atoms with Gasteiger partial charge in [-0.1, -0.05) is 113 Å². The molecule has 2 amide bonds. The van der Waals surface area contributed by atoms with E-state index >= 15 is 0 Å². The molecule has 6 nitrogen and oxygen atoms in total. The molecule has 0 heterocycles. The number of hydrogen-bond donors (Lipinski definition) is 3. The van der Waals surface area contributed by atoms with Crippen LogP contribution in [-0.2, 0) is 21.0 Å². The molecule has 0 saturated heterocycles. The Hall–Kier alpha value is -2.96.